The maximum Gasteiger partial charge on any atom is 0.272 e. The van der Waals surface area contributed by atoms with Crippen LogP contribution in [0.15, 0.2) is 36.4 Å². The fourth-order valence-electron chi connectivity index (χ4n) is 2.63. The summed E-state index contributed by atoms with van der Waals surface area (Å²) in [6.45, 7) is 2.50. The lowest BCUT2D eigenvalue weighted by atomic mass is 10.2. The summed E-state index contributed by atoms with van der Waals surface area (Å²) in [6, 6.07) is 10.6. The first-order valence-corrected chi connectivity index (χ1v) is 8.42. The smallest absolute Gasteiger partial charge is 0.272 e. The molecule has 2 N–H and O–H groups in total. The first-order chi connectivity index (χ1) is 12.5. The molecule has 1 heterocycles. The van der Waals surface area contributed by atoms with E-state index in [1.54, 1.807) is 18.2 Å². The summed E-state index contributed by atoms with van der Waals surface area (Å²) in [4.78, 5) is 15.7. The first-order valence-electron chi connectivity index (χ1n) is 8.04. The van der Waals surface area contributed by atoms with Crippen molar-refractivity contribution in [3.8, 4) is 17.2 Å². The molecular weight excluding hydrogens is 356 g/mol. The Balaban J connectivity index is 1.89. The van der Waals surface area contributed by atoms with Gasteiger partial charge in [-0.25, -0.2) is 0 Å². The van der Waals surface area contributed by atoms with Crippen LogP contribution in [0.4, 0.5) is 5.69 Å². The number of carbonyl (C=O) groups is 1. The summed E-state index contributed by atoms with van der Waals surface area (Å²) in [5.41, 5.74) is 1.71. The van der Waals surface area contributed by atoms with Crippen LogP contribution < -0.4 is 19.5 Å². The van der Waals surface area contributed by atoms with Crippen LogP contribution in [0.1, 0.15) is 17.4 Å². The van der Waals surface area contributed by atoms with Crippen molar-refractivity contribution in [1.82, 2.24) is 4.98 Å². The topological polar surface area (TPSA) is 72.6 Å². The van der Waals surface area contributed by atoms with Gasteiger partial charge in [0.1, 0.15) is 22.9 Å². The SMILES string of the molecule is CCOc1ccc2cc(C(=O)Nc3cc(OC)c(Cl)cc3OC)[nH]c2c1. The van der Waals surface area contributed by atoms with Crippen LogP contribution in [-0.4, -0.2) is 31.7 Å². The average molecular weight is 375 g/mol. The zero-order valence-electron chi connectivity index (χ0n) is 14.7. The van der Waals surface area contributed by atoms with Crippen molar-refractivity contribution in [1.29, 1.82) is 0 Å². The van der Waals surface area contributed by atoms with Crippen LogP contribution in [0.3, 0.4) is 0 Å². The number of H-pyrrole nitrogens is 1. The molecule has 0 aliphatic rings. The summed E-state index contributed by atoms with van der Waals surface area (Å²) < 4.78 is 16.0. The average Bonchev–Trinajstić information content (AvgIpc) is 3.06. The number of hydrogen-bond acceptors (Lipinski definition) is 4. The molecule has 0 radical (unpaired) electrons. The molecule has 3 aromatic rings. The fourth-order valence-corrected chi connectivity index (χ4v) is 2.86. The van der Waals surface area contributed by atoms with Gasteiger partial charge in [0.25, 0.3) is 5.91 Å². The van der Waals surface area contributed by atoms with Crippen molar-refractivity contribution in [2.75, 3.05) is 26.1 Å². The molecule has 0 fully saturated rings. The number of aromatic nitrogens is 1. The van der Waals surface area contributed by atoms with Crippen molar-refractivity contribution in [2.45, 2.75) is 6.92 Å². The van der Waals surface area contributed by atoms with Crippen LogP contribution in [-0.2, 0) is 0 Å². The molecule has 136 valence electrons. The molecule has 1 aromatic heterocycles. The number of ether oxygens (including phenoxy) is 3. The third kappa shape index (κ3) is 3.55. The summed E-state index contributed by atoms with van der Waals surface area (Å²) in [5.74, 6) is 1.33. The van der Waals surface area contributed by atoms with Gasteiger partial charge in [0.2, 0.25) is 0 Å². The van der Waals surface area contributed by atoms with Crippen molar-refractivity contribution in [3.63, 3.8) is 0 Å². The minimum Gasteiger partial charge on any atom is -0.495 e. The number of benzene rings is 2. The van der Waals surface area contributed by atoms with Gasteiger partial charge in [-0.1, -0.05) is 11.6 Å². The van der Waals surface area contributed by atoms with Gasteiger partial charge in [-0.05, 0) is 25.1 Å². The van der Waals surface area contributed by atoms with Gasteiger partial charge in [0, 0.05) is 29.1 Å². The second-order valence-corrected chi connectivity index (χ2v) is 5.91. The Bertz CT molecular complexity index is 952. The lowest BCUT2D eigenvalue weighted by Crippen LogP contribution is -2.13. The number of amides is 1. The summed E-state index contributed by atoms with van der Waals surface area (Å²) in [7, 11) is 3.01. The zero-order chi connectivity index (χ0) is 18.7. The van der Waals surface area contributed by atoms with Gasteiger partial charge in [0.05, 0.1) is 31.5 Å². The number of hydrogen-bond donors (Lipinski definition) is 2. The minimum atomic E-state index is -0.304. The van der Waals surface area contributed by atoms with E-state index in [4.69, 9.17) is 25.8 Å². The van der Waals surface area contributed by atoms with Crippen molar-refractivity contribution in [2.24, 2.45) is 0 Å². The number of fused-ring (bicyclic) bond motifs is 1. The molecule has 0 saturated heterocycles. The normalized spacial score (nSPS) is 10.6. The second kappa shape index (κ2) is 7.58. The Morgan fingerprint density at radius 3 is 2.58 bits per heavy atom. The summed E-state index contributed by atoms with van der Waals surface area (Å²) in [6.07, 6.45) is 0. The van der Waals surface area contributed by atoms with E-state index in [0.717, 1.165) is 16.7 Å². The lowest BCUT2D eigenvalue weighted by Gasteiger charge is -2.12. The Labute approximate surface area is 156 Å². The molecule has 0 unspecified atom stereocenters. The van der Waals surface area contributed by atoms with Gasteiger partial charge in [0.15, 0.2) is 0 Å². The third-order valence-electron chi connectivity index (χ3n) is 3.87. The van der Waals surface area contributed by atoms with Crippen LogP contribution >= 0.6 is 11.6 Å². The van der Waals surface area contributed by atoms with E-state index in [0.29, 0.717) is 34.5 Å². The van der Waals surface area contributed by atoms with Crippen LogP contribution in [0.2, 0.25) is 5.02 Å². The molecule has 0 aliphatic carbocycles. The number of nitrogens with one attached hydrogen (secondary N) is 2. The Morgan fingerprint density at radius 2 is 1.88 bits per heavy atom. The molecule has 3 rings (SSSR count). The van der Waals surface area contributed by atoms with E-state index < -0.39 is 0 Å². The molecule has 2 aromatic carbocycles. The Morgan fingerprint density at radius 1 is 1.12 bits per heavy atom. The number of methoxy groups -OCH3 is 2. The van der Waals surface area contributed by atoms with Crippen LogP contribution in [0.25, 0.3) is 10.9 Å². The highest BCUT2D eigenvalue weighted by Gasteiger charge is 2.15. The van der Waals surface area contributed by atoms with Crippen molar-refractivity contribution >= 4 is 34.1 Å². The second-order valence-electron chi connectivity index (χ2n) is 5.51. The maximum absolute atomic E-state index is 12.6. The van der Waals surface area contributed by atoms with E-state index in [1.807, 2.05) is 25.1 Å². The lowest BCUT2D eigenvalue weighted by molar-refractivity contribution is 0.102. The molecule has 6 nitrogen and oxygen atoms in total. The predicted octanol–water partition coefficient (Wildman–Crippen LogP) is 4.49. The molecule has 0 bridgehead atoms. The quantitative estimate of drug-likeness (QED) is 0.666. The summed E-state index contributed by atoms with van der Waals surface area (Å²) >= 11 is 6.09. The van der Waals surface area contributed by atoms with Crippen LogP contribution in [0.5, 0.6) is 17.2 Å². The van der Waals surface area contributed by atoms with Crippen molar-refractivity contribution in [3.05, 3.63) is 47.1 Å². The number of rotatable bonds is 6. The first kappa shape index (κ1) is 17.9. The largest absolute Gasteiger partial charge is 0.495 e. The van der Waals surface area contributed by atoms with E-state index in [1.165, 1.54) is 14.2 Å². The van der Waals surface area contributed by atoms with Gasteiger partial charge in [-0.15, -0.1) is 0 Å². The molecule has 1 amide bonds. The predicted molar refractivity (Wildman–Crippen MR) is 102 cm³/mol. The molecule has 0 atom stereocenters. The standard InChI is InChI=1S/C19H19ClN2O4/c1-4-26-12-6-5-11-7-16(21-14(11)8-12)19(23)22-15-10-17(24-2)13(20)9-18(15)25-3/h5-10,21H,4H2,1-3H3,(H,22,23). The third-order valence-corrected chi connectivity index (χ3v) is 4.17. The maximum atomic E-state index is 12.6. The fraction of sp³-hybridized carbons (Fsp3) is 0.211. The highest BCUT2D eigenvalue weighted by atomic mass is 35.5. The number of aromatic amines is 1. The number of anilines is 1. The van der Waals surface area contributed by atoms with E-state index in [2.05, 4.69) is 10.3 Å². The molecule has 7 heteroatoms. The van der Waals surface area contributed by atoms with E-state index in [9.17, 15) is 4.79 Å². The molecule has 0 aliphatic heterocycles. The summed E-state index contributed by atoms with van der Waals surface area (Å²) in [5, 5.41) is 4.13. The van der Waals surface area contributed by atoms with E-state index >= 15 is 0 Å². The van der Waals surface area contributed by atoms with Gasteiger partial charge in [-0.3, -0.25) is 4.79 Å². The highest BCUT2D eigenvalue weighted by Crippen LogP contribution is 2.36. The zero-order valence-corrected chi connectivity index (χ0v) is 15.4. The highest BCUT2D eigenvalue weighted by molar-refractivity contribution is 6.32. The Kier molecular flexibility index (Phi) is 5.23. The van der Waals surface area contributed by atoms with E-state index in [-0.39, 0.29) is 5.91 Å². The van der Waals surface area contributed by atoms with Gasteiger partial charge >= 0.3 is 0 Å². The molecule has 0 spiro atoms. The monoisotopic (exact) mass is 374 g/mol. The minimum absolute atomic E-state index is 0.304. The Hall–Kier alpha value is -2.86. The van der Waals surface area contributed by atoms with Crippen LogP contribution in [0, 0.1) is 0 Å². The molecule has 26 heavy (non-hydrogen) atoms. The number of carbonyl (C=O) groups excluding carboxylic acids is 1. The number of halogens is 1. The van der Waals surface area contributed by atoms with Gasteiger partial charge in [-0.2, -0.15) is 0 Å². The molecular formula is C19H19ClN2O4. The van der Waals surface area contributed by atoms with Gasteiger partial charge < -0.3 is 24.5 Å². The molecule has 0 saturated carbocycles. The van der Waals surface area contributed by atoms with Crippen molar-refractivity contribution < 1.29 is 19.0 Å².